The number of aryl methyl sites for hydroxylation is 1. The Morgan fingerprint density at radius 2 is 2.05 bits per heavy atom. The summed E-state index contributed by atoms with van der Waals surface area (Å²) in [6.45, 7) is 6.07. The molecule has 4 nitrogen and oxygen atoms in total. The van der Waals surface area contributed by atoms with Gasteiger partial charge in [0.25, 0.3) is 0 Å². The van der Waals surface area contributed by atoms with E-state index in [4.69, 9.17) is 4.74 Å². The zero-order valence-electron chi connectivity index (χ0n) is 11.9. The number of ether oxygens (including phenoxy) is 1. The molecular formula is C16H17N3O. The molecule has 0 aliphatic rings. The second-order valence-electron chi connectivity index (χ2n) is 5.11. The maximum absolute atomic E-state index is 5.57. The number of aromatic nitrogens is 3. The molecule has 4 heteroatoms. The SMILES string of the molecule is Cc1cc2nccn2cc1-c1ccc(OC(C)C)nc1. The summed E-state index contributed by atoms with van der Waals surface area (Å²) in [4.78, 5) is 8.65. The van der Waals surface area contributed by atoms with E-state index in [-0.39, 0.29) is 6.10 Å². The van der Waals surface area contributed by atoms with Gasteiger partial charge in [-0.3, -0.25) is 0 Å². The summed E-state index contributed by atoms with van der Waals surface area (Å²) < 4.78 is 7.58. The quantitative estimate of drug-likeness (QED) is 0.729. The van der Waals surface area contributed by atoms with E-state index in [1.54, 1.807) is 6.20 Å². The van der Waals surface area contributed by atoms with Gasteiger partial charge in [-0.15, -0.1) is 0 Å². The zero-order valence-corrected chi connectivity index (χ0v) is 11.9. The van der Waals surface area contributed by atoms with E-state index in [1.165, 1.54) is 5.56 Å². The molecule has 102 valence electrons. The van der Waals surface area contributed by atoms with E-state index in [9.17, 15) is 0 Å². The van der Waals surface area contributed by atoms with E-state index in [2.05, 4.69) is 29.2 Å². The molecule has 0 bridgehead atoms. The average Bonchev–Trinajstić information content (AvgIpc) is 2.85. The molecule has 0 aliphatic heterocycles. The minimum atomic E-state index is 0.136. The van der Waals surface area contributed by atoms with Gasteiger partial charge in [0.05, 0.1) is 6.10 Å². The van der Waals surface area contributed by atoms with Crippen LogP contribution in [0.3, 0.4) is 0 Å². The molecular weight excluding hydrogens is 250 g/mol. The Balaban J connectivity index is 1.99. The summed E-state index contributed by atoms with van der Waals surface area (Å²) in [6, 6.07) is 6.02. The number of fused-ring (bicyclic) bond motifs is 1. The predicted molar refractivity (Wildman–Crippen MR) is 78.9 cm³/mol. The molecule has 0 spiro atoms. The first-order valence-corrected chi connectivity index (χ1v) is 6.70. The highest BCUT2D eigenvalue weighted by Crippen LogP contribution is 2.25. The Labute approximate surface area is 118 Å². The Morgan fingerprint density at radius 1 is 1.20 bits per heavy atom. The van der Waals surface area contributed by atoms with Crippen LogP contribution in [-0.4, -0.2) is 20.5 Å². The van der Waals surface area contributed by atoms with Gasteiger partial charge in [0.1, 0.15) is 5.65 Å². The molecule has 20 heavy (non-hydrogen) atoms. The first-order chi connectivity index (χ1) is 9.63. The van der Waals surface area contributed by atoms with Crippen LogP contribution in [0.1, 0.15) is 19.4 Å². The molecule has 0 saturated carbocycles. The zero-order chi connectivity index (χ0) is 14.1. The van der Waals surface area contributed by atoms with Crippen molar-refractivity contribution >= 4 is 5.65 Å². The Morgan fingerprint density at radius 3 is 2.75 bits per heavy atom. The Hall–Kier alpha value is -2.36. The fourth-order valence-electron chi connectivity index (χ4n) is 2.21. The molecule has 0 saturated heterocycles. The van der Waals surface area contributed by atoms with Crippen molar-refractivity contribution in [3.05, 3.63) is 48.5 Å². The number of rotatable bonds is 3. The van der Waals surface area contributed by atoms with Crippen molar-refractivity contribution in [2.45, 2.75) is 26.9 Å². The van der Waals surface area contributed by atoms with Gasteiger partial charge in [-0.1, -0.05) is 0 Å². The number of imidazole rings is 1. The Kier molecular flexibility index (Phi) is 3.14. The standard InChI is InChI=1S/C16H17N3O/c1-11(2)20-16-5-4-13(9-18-16)14-10-19-7-6-17-15(19)8-12(14)3/h4-11H,1-3H3. The van der Waals surface area contributed by atoms with E-state index in [0.717, 1.165) is 16.8 Å². The van der Waals surface area contributed by atoms with Crippen LogP contribution in [0, 0.1) is 6.92 Å². The third-order valence-electron chi connectivity index (χ3n) is 3.14. The van der Waals surface area contributed by atoms with Crippen LogP contribution >= 0.6 is 0 Å². The van der Waals surface area contributed by atoms with Crippen LogP contribution in [-0.2, 0) is 0 Å². The summed E-state index contributed by atoms with van der Waals surface area (Å²) in [6.07, 6.45) is 7.82. The minimum Gasteiger partial charge on any atom is -0.475 e. The molecule has 0 amide bonds. The van der Waals surface area contributed by atoms with Gasteiger partial charge in [-0.05, 0) is 38.5 Å². The summed E-state index contributed by atoms with van der Waals surface area (Å²) in [7, 11) is 0. The number of hydrogen-bond donors (Lipinski definition) is 0. The van der Waals surface area contributed by atoms with Gasteiger partial charge >= 0.3 is 0 Å². The van der Waals surface area contributed by atoms with Crippen LogP contribution in [0.25, 0.3) is 16.8 Å². The number of pyridine rings is 2. The molecule has 0 fully saturated rings. The van der Waals surface area contributed by atoms with Crippen LogP contribution in [0.2, 0.25) is 0 Å². The largest absolute Gasteiger partial charge is 0.475 e. The highest BCUT2D eigenvalue weighted by molar-refractivity contribution is 5.68. The van der Waals surface area contributed by atoms with Crippen molar-refractivity contribution in [1.82, 2.24) is 14.4 Å². The lowest BCUT2D eigenvalue weighted by Gasteiger charge is -2.10. The normalized spacial score (nSPS) is 11.2. The molecule has 3 aromatic heterocycles. The number of nitrogens with zero attached hydrogens (tertiary/aromatic N) is 3. The van der Waals surface area contributed by atoms with Gasteiger partial charge in [0.15, 0.2) is 0 Å². The molecule has 3 rings (SSSR count). The fraction of sp³-hybridized carbons (Fsp3) is 0.250. The molecule has 0 atom stereocenters. The first kappa shape index (κ1) is 12.7. The van der Waals surface area contributed by atoms with Gasteiger partial charge in [0, 0.05) is 42.0 Å². The van der Waals surface area contributed by atoms with Gasteiger partial charge in [-0.25, -0.2) is 9.97 Å². The summed E-state index contributed by atoms with van der Waals surface area (Å²) in [5.41, 5.74) is 4.37. The highest BCUT2D eigenvalue weighted by Gasteiger charge is 2.06. The van der Waals surface area contributed by atoms with E-state index >= 15 is 0 Å². The molecule has 0 aliphatic carbocycles. The van der Waals surface area contributed by atoms with Crippen LogP contribution in [0.5, 0.6) is 5.88 Å². The fourth-order valence-corrected chi connectivity index (χ4v) is 2.21. The molecule has 0 N–H and O–H groups in total. The third-order valence-corrected chi connectivity index (χ3v) is 3.14. The van der Waals surface area contributed by atoms with Crippen LogP contribution in [0.15, 0.2) is 43.0 Å². The second kappa shape index (κ2) is 4.96. The maximum Gasteiger partial charge on any atom is 0.213 e. The van der Waals surface area contributed by atoms with E-state index < -0.39 is 0 Å². The third kappa shape index (κ3) is 2.37. The Bertz CT molecular complexity index is 729. The van der Waals surface area contributed by atoms with Crippen molar-refractivity contribution in [3.8, 4) is 17.0 Å². The summed E-state index contributed by atoms with van der Waals surface area (Å²) >= 11 is 0. The predicted octanol–water partition coefficient (Wildman–Crippen LogP) is 3.49. The molecule has 3 heterocycles. The van der Waals surface area contributed by atoms with Crippen molar-refractivity contribution < 1.29 is 4.74 Å². The lowest BCUT2D eigenvalue weighted by Crippen LogP contribution is -2.06. The highest BCUT2D eigenvalue weighted by atomic mass is 16.5. The van der Waals surface area contributed by atoms with E-state index in [1.807, 2.05) is 42.8 Å². The van der Waals surface area contributed by atoms with Gasteiger partial charge in [-0.2, -0.15) is 0 Å². The van der Waals surface area contributed by atoms with Gasteiger partial charge in [0.2, 0.25) is 5.88 Å². The van der Waals surface area contributed by atoms with Gasteiger partial charge < -0.3 is 9.14 Å². The first-order valence-electron chi connectivity index (χ1n) is 6.70. The van der Waals surface area contributed by atoms with E-state index in [0.29, 0.717) is 5.88 Å². The van der Waals surface area contributed by atoms with Crippen molar-refractivity contribution in [1.29, 1.82) is 0 Å². The minimum absolute atomic E-state index is 0.136. The smallest absolute Gasteiger partial charge is 0.213 e. The molecule has 0 radical (unpaired) electrons. The average molecular weight is 267 g/mol. The number of hydrogen-bond acceptors (Lipinski definition) is 3. The lowest BCUT2D eigenvalue weighted by molar-refractivity contribution is 0.232. The van der Waals surface area contributed by atoms with Crippen molar-refractivity contribution in [3.63, 3.8) is 0 Å². The monoisotopic (exact) mass is 267 g/mol. The van der Waals surface area contributed by atoms with Crippen molar-refractivity contribution in [2.24, 2.45) is 0 Å². The topological polar surface area (TPSA) is 39.4 Å². The molecule has 0 unspecified atom stereocenters. The van der Waals surface area contributed by atoms with Crippen LogP contribution in [0.4, 0.5) is 0 Å². The summed E-state index contributed by atoms with van der Waals surface area (Å²) in [5.74, 6) is 0.658. The second-order valence-corrected chi connectivity index (χ2v) is 5.11. The lowest BCUT2D eigenvalue weighted by atomic mass is 10.1. The van der Waals surface area contributed by atoms with Crippen molar-refractivity contribution in [2.75, 3.05) is 0 Å². The molecule has 3 aromatic rings. The summed E-state index contributed by atoms with van der Waals surface area (Å²) in [5, 5.41) is 0. The van der Waals surface area contributed by atoms with Crippen LogP contribution < -0.4 is 4.74 Å². The maximum atomic E-state index is 5.57. The molecule has 0 aromatic carbocycles.